The smallest absolute Gasteiger partial charge is 0.267 e. The van der Waals surface area contributed by atoms with Crippen molar-refractivity contribution in [3.8, 4) is 0 Å². The molecule has 9 atom stereocenters. The monoisotopic (exact) mass is 764 g/mol. The number of hydrogen-bond acceptors (Lipinski definition) is 5. The fourth-order valence-electron chi connectivity index (χ4n) is 11.7. The lowest BCUT2D eigenvalue weighted by molar-refractivity contribution is -0.870. The summed E-state index contributed by atoms with van der Waals surface area (Å²) in [6.45, 7) is 15.2. The van der Waals surface area contributed by atoms with Crippen LogP contribution in [-0.2, 0) is 18.3 Å². The maximum atomic E-state index is 12.0. The lowest BCUT2D eigenvalue weighted by atomic mass is 9.47. The molecule has 0 amide bonds. The van der Waals surface area contributed by atoms with Crippen LogP contribution in [0.5, 0.6) is 0 Å². The van der Waals surface area contributed by atoms with Crippen LogP contribution in [0, 0.1) is 46.3 Å². The number of fused-ring (bicyclic) bond motifs is 5. The van der Waals surface area contributed by atoms with Crippen LogP contribution >= 0.6 is 7.82 Å². The van der Waals surface area contributed by atoms with E-state index in [1.165, 1.54) is 96.3 Å². The molecule has 7 heteroatoms. The Balaban J connectivity index is 1.02. The molecule has 0 aromatic carbocycles. The summed E-state index contributed by atoms with van der Waals surface area (Å²) >= 11 is 0. The molecule has 0 spiro atoms. The predicted octanol–water partition coefficient (Wildman–Crippen LogP) is 12.3. The molecule has 0 aromatic heterocycles. The molecular weight excluding hydrogens is 677 g/mol. The molecule has 4 aliphatic rings. The summed E-state index contributed by atoms with van der Waals surface area (Å²) < 4.78 is 29.6. The second kappa shape index (κ2) is 21.5. The molecule has 6 nitrogen and oxygen atoms in total. The van der Waals surface area contributed by atoms with E-state index in [0.29, 0.717) is 16.9 Å². The minimum Gasteiger partial charge on any atom is -0.756 e. The Kier molecular flexibility index (Phi) is 18.5. The lowest BCUT2D eigenvalue weighted by Gasteiger charge is -2.58. The molecule has 0 bridgehead atoms. The number of ether oxygens (including phenoxy) is 1. The molecule has 0 radical (unpaired) electrons. The minimum absolute atomic E-state index is 0.230. The standard InChI is InChI=1S/C46H86NO5P/c1-37(2)22-21-23-38(3)42-26-27-43-41-25-24-39-36-40(28-30-45(39,4)44(41)29-31-46(42,43)5)50-33-18-14-11-9-10-12-15-19-34-51-53(48,49)52-35-20-16-13-17-32-47(6,7)8/h24,37-38,40-44H,9-23,25-36H2,1-8H3/t38-,40+,41+,42-,43+,44+,45+,46-/m1/s1. The van der Waals surface area contributed by atoms with Crippen LogP contribution in [0.2, 0.25) is 0 Å². The van der Waals surface area contributed by atoms with Gasteiger partial charge in [-0.25, -0.2) is 0 Å². The van der Waals surface area contributed by atoms with E-state index in [1.807, 2.05) is 0 Å². The Morgan fingerprint density at radius 2 is 1.36 bits per heavy atom. The van der Waals surface area contributed by atoms with Gasteiger partial charge in [-0.15, -0.1) is 0 Å². The van der Waals surface area contributed by atoms with E-state index in [2.05, 4.69) is 61.8 Å². The Hall–Kier alpha value is -0.230. The fourth-order valence-corrected chi connectivity index (χ4v) is 12.5. The number of hydrogen-bond donors (Lipinski definition) is 0. The van der Waals surface area contributed by atoms with E-state index < -0.39 is 7.82 Å². The summed E-state index contributed by atoms with van der Waals surface area (Å²) in [6.07, 6.45) is 31.4. The van der Waals surface area contributed by atoms with Crippen LogP contribution in [0.4, 0.5) is 0 Å². The molecule has 53 heavy (non-hydrogen) atoms. The molecule has 3 fully saturated rings. The zero-order valence-electron chi connectivity index (χ0n) is 36.1. The van der Waals surface area contributed by atoms with Crippen LogP contribution in [0.3, 0.4) is 0 Å². The van der Waals surface area contributed by atoms with Crippen molar-refractivity contribution >= 4 is 7.82 Å². The topological polar surface area (TPSA) is 67.8 Å². The van der Waals surface area contributed by atoms with Gasteiger partial charge < -0.3 is 23.2 Å². The molecule has 0 aliphatic heterocycles. The maximum Gasteiger partial charge on any atom is 0.267 e. The summed E-state index contributed by atoms with van der Waals surface area (Å²) in [6, 6.07) is 0. The highest BCUT2D eigenvalue weighted by Crippen LogP contribution is 2.67. The summed E-state index contributed by atoms with van der Waals surface area (Å²) in [5.74, 6) is 5.40. The molecule has 4 rings (SSSR count). The zero-order chi connectivity index (χ0) is 38.5. The van der Waals surface area contributed by atoms with Crippen molar-refractivity contribution in [2.75, 3.05) is 47.5 Å². The van der Waals surface area contributed by atoms with Gasteiger partial charge in [-0.3, -0.25) is 4.57 Å². The van der Waals surface area contributed by atoms with Gasteiger partial charge in [0.15, 0.2) is 0 Å². The number of phosphoric ester groups is 1. The SMILES string of the molecule is CC(C)CCC[C@@H](C)[C@H]1CC[C@H]2[C@@H]3CC=C4C[C@@H](OCCCCCCCCCCOP(=O)([O-])OCCCCCC[N+](C)(C)C)CC[C@]4(C)[C@H]3CC[C@]12C. The lowest BCUT2D eigenvalue weighted by Crippen LogP contribution is -2.51. The summed E-state index contributed by atoms with van der Waals surface area (Å²) in [5, 5.41) is 0. The fraction of sp³-hybridized carbons (Fsp3) is 0.957. The Bertz CT molecular complexity index is 1140. The molecule has 3 saturated carbocycles. The number of phosphoric acid groups is 1. The average molecular weight is 764 g/mol. The molecule has 1 unspecified atom stereocenters. The van der Waals surface area contributed by atoms with E-state index in [4.69, 9.17) is 13.8 Å². The Morgan fingerprint density at radius 1 is 0.755 bits per heavy atom. The van der Waals surface area contributed by atoms with Crippen molar-refractivity contribution < 1.29 is 27.7 Å². The van der Waals surface area contributed by atoms with Crippen molar-refractivity contribution in [2.45, 2.75) is 188 Å². The Morgan fingerprint density at radius 3 is 1.98 bits per heavy atom. The largest absolute Gasteiger partial charge is 0.756 e. The molecule has 4 aliphatic carbocycles. The second-order valence-electron chi connectivity index (χ2n) is 20.4. The van der Waals surface area contributed by atoms with Gasteiger partial charge in [0, 0.05) is 6.61 Å². The molecule has 0 heterocycles. The summed E-state index contributed by atoms with van der Waals surface area (Å²) in [4.78, 5) is 12.0. The van der Waals surface area contributed by atoms with Gasteiger partial charge in [-0.1, -0.05) is 110 Å². The first-order valence-electron chi connectivity index (χ1n) is 22.9. The van der Waals surface area contributed by atoms with Gasteiger partial charge in [0.1, 0.15) is 0 Å². The van der Waals surface area contributed by atoms with E-state index in [1.54, 1.807) is 5.57 Å². The number of nitrogens with zero attached hydrogens (tertiary/aromatic N) is 1. The van der Waals surface area contributed by atoms with Gasteiger partial charge >= 0.3 is 0 Å². The van der Waals surface area contributed by atoms with E-state index in [9.17, 15) is 9.46 Å². The number of unbranched alkanes of at least 4 members (excludes halogenated alkanes) is 10. The normalized spacial score (nSPS) is 31.8. The first kappa shape index (κ1) is 45.5. The maximum absolute atomic E-state index is 12.0. The third kappa shape index (κ3) is 14.0. The molecule has 310 valence electrons. The van der Waals surface area contributed by atoms with Gasteiger partial charge in [0.25, 0.3) is 7.82 Å². The quantitative estimate of drug-likeness (QED) is 0.0380. The van der Waals surface area contributed by atoms with E-state index in [0.717, 1.165) is 105 Å². The zero-order valence-corrected chi connectivity index (χ0v) is 37.0. The predicted molar refractivity (Wildman–Crippen MR) is 221 cm³/mol. The van der Waals surface area contributed by atoms with Crippen molar-refractivity contribution in [1.82, 2.24) is 0 Å². The summed E-state index contributed by atoms with van der Waals surface area (Å²) in [5.41, 5.74) is 2.73. The van der Waals surface area contributed by atoms with Crippen LogP contribution < -0.4 is 4.89 Å². The third-order valence-corrected chi connectivity index (χ3v) is 15.9. The molecular formula is C46H86NO5P. The highest BCUT2D eigenvalue weighted by Gasteiger charge is 2.59. The van der Waals surface area contributed by atoms with Crippen molar-refractivity contribution in [3.63, 3.8) is 0 Å². The second-order valence-corrected chi connectivity index (χ2v) is 21.8. The van der Waals surface area contributed by atoms with Crippen LogP contribution in [0.15, 0.2) is 11.6 Å². The van der Waals surface area contributed by atoms with Gasteiger partial charge in [0.05, 0.1) is 47.0 Å². The van der Waals surface area contributed by atoms with Gasteiger partial charge in [-0.05, 0) is 130 Å². The van der Waals surface area contributed by atoms with E-state index >= 15 is 0 Å². The van der Waals surface area contributed by atoms with Crippen LogP contribution in [0.25, 0.3) is 0 Å². The van der Waals surface area contributed by atoms with Crippen LogP contribution in [0.1, 0.15) is 182 Å². The van der Waals surface area contributed by atoms with Crippen molar-refractivity contribution in [1.29, 1.82) is 0 Å². The molecule has 0 saturated heterocycles. The highest BCUT2D eigenvalue weighted by molar-refractivity contribution is 7.45. The molecule has 0 aromatic rings. The van der Waals surface area contributed by atoms with Crippen molar-refractivity contribution in [3.05, 3.63) is 11.6 Å². The van der Waals surface area contributed by atoms with Gasteiger partial charge in [0.2, 0.25) is 0 Å². The molecule has 0 N–H and O–H groups in total. The number of quaternary nitrogens is 1. The van der Waals surface area contributed by atoms with E-state index in [-0.39, 0.29) is 13.2 Å². The highest BCUT2D eigenvalue weighted by atomic mass is 31.2. The average Bonchev–Trinajstić information content (AvgIpc) is 3.45. The van der Waals surface area contributed by atoms with Crippen LogP contribution in [-0.4, -0.2) is 58.1 Å². The first-order chi connectivity index (χ1) is 25.1. The van der Waals surface area contributed by atoms with Crippen molar-refractivity contribution in [2.24, 2.45) is 46.3 Å². The van der Waals surface area contributed by atoms with Gasteiger partial charge in [-0.2, -0.15) is 0 Å². The first-order valence-corrected chi connectivity index (χ1v) is 24.3. The number of rotatable bonds is 26. The minimum atomic E-state index is -4.16. The third-order valence-electron chi connectivity index (χ3n) is 14.9. The summed E-state index contributed by atoms with van der Waals surface area (Å²) in [7, 11) is 2.42. The number of allylic oxidation sites excluding steroid dienone is 1. The Labute approximate surface area is 328 Å².